The molecule has 12 rings (SSSR count). The Kier molecular flexibility index (Phi) is 13.7. The van der Waals surface area contributed by atoms with E-state index < -0.39 is 24.3 Å². The van der Waals surface area contributed by atoms with Gasteiger partial charge in [0.25, 0.3) is 0 Å². The van der Waals surface area contributed by atoms with E-state index in [1.54, 1.807) is 0 Å². The zero-order valence-electron chi connectivity index (χ0n) is 44.1. The van der Waals surface area contributed by atoms with Crippen LogP contribution in [0.4, 0.5) is 9.59 Å². The second kappa shape index (κ2) is 20.5. The second-order valence-electron chi connectivity index (χ2n) is 22.8. The molecule has 3 aromatic carbocycles. The van der Waals surface area contributed by atoms with Crippen LogP contribution in [0.1, 0.15) is 121 Å². The molecule has 15 heteroatoms. The Morgan fingerprint density at radius 3 is 1.36 bits per heavy atom. The summed E-state index contributed by atoms with van der Waals surface area (Å²) in [7, 11) is 2.61. The molecule has 75 heavy (non-hydrogen) atoms. The molecular weight excluding hydrogens is 943 g/mol. The van der Waals surface area contributed by atoms with Crippen molar-refractivity contribution in [3.63, 3.8) is 0 Å². The summed E-state index contributed by atoms with van der Waals surface area (Å²) >= 11 is 0. The first kappa shape index (κ1) is 50.0. The average molecular weight is 1010 g/mol. The van der Waals surface area contributed by atoms with Crippen LogP contribution in [0.2, 0.25) is 0 Å². The number of nitrogens with one attached hydrogen (secondary N) is 4. The number of carbonyl (C=O) groups excluding carboxylic acids is 4. The third-order valence-electron chi connectivity index (χ3n) is 17.3. The monoisotopic (exact) mass is 1010 g/mol. The Balaban J connectivity index is 0.866. The summed E-state index contributed by atoms with van der Waals surface area (Å²) in [4.78, 5) is 72.3. The van der Waals surface area contributed by atoms with Gasteiger partial charge in [0.15, 0.2) is 0 Å². The molecule has 392 valence electrons. The van der Waals surface area contributed by atoms with Crippen LogP contribution < -0.4 is 10.6 Å². The molecule has 2 aliphatic heterocycles. The minimum atomic E-state index is -0.701. The second-order valence-corrected chi connectivity index (χ2v) is 22.8. The summed E-state index contributed by atoms with van der Waals surface area (Å²) in [6.45, 7) is 8.85. The van der Waals surface area contributed by atoms with Gasteiger partial charge in [-0.25, -0.2) is 19.6 Å². The van der Waals surface area contributed by atoms with E-state index in [-0.39, 0.29) is 35.7 Å². The Hall–Kier alpha value is -7.16. The van der Waals surface area contributed by atoms with Crippen molar-refractivity contribution in [3.05, 3.63) is 115 Å². The van der Waals surface area contributed by atoms with Gasteiger partial charge in [0, 0.05) is 18.8 Å². The number of alkyl carbamates (subject to hydrolysis) is 2. The lowest BCUT2D eigenvalue weighted by atomic mass is 9.48. The molecule has 15 nitrogen and oxygen atoms in total. The van der Waals surface area contributed by atoms with E-state index in [1.807, 2.05) is 49.9 Å². The fourth-order valence-electron chi connectivity index (χ4n) is 13.9. The number of rotatable bonds is 14. The number of amides is 4. The molecule has 0 radical (unpaired) electrons. The van der Waals surface area contributed by atoms with E-state index in [0.717, 1.165) is 106 Å². The van der Waals surface area contributed by atoms with Crippen LogP contribution in [0.25, 0.3) is 50.7 Å². The van der Waals surface area contributed by atoms with E-state index in [2.05, 4.69) is 110 Å². The molecular formula is C60H71N9O6. The van der Waals surface area contributed by atoms with E-state index in [0.29, 0.717) is 18.5 Å². The van der Waals surface area contributed by atoms with Crippen molar-refractivity contribution in [2.45, 2.75) is 121 Å². The highest BCUT2D eigenvalue weighted by Crippen LogP contribution is 2.61. The van der Waals surface area contributed by atoms with Gasteiger partial charge in [-0.15, -0.1) is 0 Å². The number of benzene rings is 3. The molecule has 4 atom stereocenters. The number of ether oxygens (including phenoxy) is 2. The van der Waals surface area contributed by atoms with Gasteiger partial charge in [0.2, 0.25) is 11.8 Å². The van der Waals surface area contributed by atoms with Crippen molar-refractivity contribution in [1.29, 1.82) is 0 Å². The quantitative estimate of drug-likeness (QED) is 0.0832. The van der Waals surface area contributed by atoms with Gasteiger partial charge >= 0.3 is 12.2 Å². The average Bonchev–Trinajstić information content (AvgIpc) is 4.29. The Labute approximate surface area is 439 Å². The van der Waals surface area contributed by atoms with E-state index in [4.69, 9.17) is 19.4 Å². The number of likely N-dealkylation sites (tertiary alicyclic amines) is 2. The summed E-state index contributed by atoms with van der Waals surface area (Å²) in [6.07, 6.45) is 13.9. The zero-order chi connectivity index (χ0) is 52.1. The Bertz CT molecular complexity index is 2850. The van der Waals surface area contributed by atoms with Crippen molar-refractivity contribution in [3.8, 4) is 50.7 Å². The van der Waals surface area contributed by atoms with Gasteiger partial charge in [-0.05, 0) is 151 Å². The number of imidazole rings is 2. The van der Waals surface area contributed by atoms with Gasteiger partial charge in [-0.3, -0.25) is 9.59 Å². The summed E-state index contributed by atoms with van der Waals surface area (Å²) in [5, 5.41) is 5.48. The molecule has 4 N–H and O–H groups in total. The Morgan fingerprint density at radius 1 is 0.573 bits per heavy atom. The molecule has 0 spiro atoms. The van der Waals surface area contributed by atoms with Crippen LogP contribution >= 0.6 is 0 Å². The van der Waals surface area contributed by atoms with Gasteiger partial charge in [-0.1, -0.05) is 88.4 Å². The van der Waals surface area contributed by atoms with Crippen molar-refractivity contribution in [1.82, 2.24) is 44.9 Å². The van der Waals surface area contributed by atoms with Crippen LogP contribution in [0.15, 0.2) is 97.3 Å². The van der Waals surface area contributed by atoms with Crippen molar-refractivity contribution in [2.24, 2.45) is 29.6 Å². The smallest absolute Gasteiger partial charge is 0.407 e. The lowest BCUT2D eigenvalue weighted by Crippen LogP contribution is -2.51. The van der Waals surface area contributed by atoms with Crippen LogP contribution in [-0.2, 0) is 24.5 Å². The first-order valence-electron chi connectivity index (χ1n) is 27.2. The molecule has 2 saturated heterocycles. The predicted molar refractivity (Wildman–Crippen MR) is 287 cm³/mol. The molecule has 6 aromatic rings. The summed E-state index contributed by atoms with van der Waals surface area (Å²) in [5.74, 6) is 3.56. The number of H-pyrrole nitrogens is 2. The standard InChI is InChI=1S/C60H71N9O6/c1-35(2)52(65-58(72)74-5)56(70)67-25-7-9-50(67)54-61-33-46(63-54)40-11-15-42(16-12-40)48-23-24-49(69(48)45-21-19-44(20-22-45)60-30-37-27-38(31-60)29-39(28-37)32-60)43-17-13-41(14-18-43)47-34-62-55(64-47)51-10-8-26-68(51)57(71)53(36(3)4)66-59(73)75-6/h11-24,33-39,50-53H,7-10,25-32H2,1-6H3,(H,61,63)(H,62,64)(H,65,72)(H,66,73)/t37?,38?,39?,50-,51-,52-,53-,60?/m0/s1. The van der Waals surface area contributed by atoms with Gasteiger partial charge in [0.05, 0.1) is 61.5 Å². The lowest BCUT2D eigenvalue weighted by molar-refractivity contribution is -0.136. The number of aromatic nitrogens is 5. The first-order chi connectivity index (χ1) is 36.3. The topological polar surface area (TPSA) is 180 Å². The maximum atomic E-state index is 13.8. The fourth-order valence-corrected chi connectivity index (χ4v) is 13.9. The number of carbonyl (C=O) groups is 4. The fraction of sp³-hybridized carbons (Fsp3) is 0.467. The number of hydrogen-bond acceptors (Lipinski definition) is 8. The predicted octanol–water partition coefficient (Wildman–Crippen LogP) is 11.1. The first-order valence-corrected chi connectivity index (χ1v) is 27.2. The van der Waals surface area contributed by atoms with E-state index in [9.17, 15) is 19.2 Å². The molecule has 4 saturated carbocycles. The van der Waals surface area contributed by atoms with Crippen LogP contribution in [-0.4, -0.2) is 97.7 Å². The molecule has 5 heterocycles. The van der Waals surface area contributed by atoms with E-state index >= 15 is 0 Å². The largest absolute Gasteiger partial charge is 0.453 e. The molecule has 6 fully saturated rings. The van der Waals surface area contributed by atoms with Crippen molar-refractivity contribution < 1.29 is 28.7 Å². The maximum absolute atomic E-state index is 13.8. The molecule has 3 aromatic heterocycles. The van der Waals surface area contributed by atoms with Crippen LogP contribution in [0, 0.1) is 29.6 Å². The highest BCUT2D eigenvalue weighted by atomic mass is 16.5. The number of nitrogens with zero attached hydrogens (tertiary/aromatic N) is 5. The number of hydrogen-bond donors (Lipinski definition) is 4. The van der Waals surface area contributed by atoms with E-state index in [1.165, 1.54) is 58.3 Å². The normalized spacial score (nSPS) is 23.7. The molecule has 4 aliphatic carbocycles. The maximum Gasteiger partial charge on any atom is 0.407 e. The molecule has 4 amide bonds. The SMILES string of the molecule is COC(=O)N[C@H](C(=O)N1CCC[C@H]1c1ncc(-c2ccc(-c3ccc(-c4ccc(-c5cnc([C@@H]6CCCN6C(=O)[C@@H](NC(=O)OC)C(C)C)[nH]5)cc4)n3-c3ccc(C45CC6CC(CC(C6)C4)C5)cc3)cc2)[nH]1)C(C)C. The van der Waals surface area contributed by atoms with Gasteiger partial charge in [-0.2, -0.15) is 0 Å². The van der Waals surface area contributed by atoms with Gasteiger partial charge in [0.1, 0.15) is 23.7 Å². The minimum Gasteiger partial charge on any atom is -0.453 e. The van der Waals surface area contributed by atoms with Gasteiger partial charge < -0.3 is 44.4 Å². The highest BCUT2D eigenvalue weighted by Gasteiger charge is 2.51. The Morgan fingerprint density at radius 2 is 0.973 bits per heavy atom. The number of methoxy groups -OCH3 is 2. The van der Waals surface area contributed by atoms with Crippen LogP contribution in [0.3, 0.4) is 0 Å². The molecule has 6 aliphatic rings. The molecule has 4 bridgehead atoms. The third kappa shape index (κ3) is 9.63. The highest BCUT2D eigenvalue weighted by molar-refractivity contribution is 5.87. The minimum absolute atomic E-state index is 0.117. The van der Waals surface area contributed by atoms with Crippen LogP contribution in [0.5, 0.6) is 0 Å². The van der Waals surface area contributed by atoms with Crippen molar-refractivity contribution in [2.75, 3.05) is 27.3 Å². The summed E-state index contributed by atoms with van der Waals surface area (Å²) in [5.41, 5.74) is 10.9. The summed E-state index contributed by atoms with van der Waals surface area (Å²) in [6, 6.07) is 29.3. The molecule has 0 unspecified atom stereocenters. The lowest BCUT2D eigenvalue weighted by Gasteiger charge is -2.57. The zero-order valence-corrected chi connectivity index (χ0v) is 44.1. The summed E-state index contributed by atoms with van der Waals surface area (Å²) < 4.78 is 12.0. The third-order valence-corrected chi connectivity index (χ3v) is 17.3. The van der Waals surface area contributed by atoms with Crippen molar-refractivity contribution >= 4 is 24.0 Å². The number of aromatic amines is 2.